The Kier molecular flexibility index (Phi) is 5.16. The van der Waals surface area contributed by atoms with Gasteiger partial charge in [-0.15, -0.1) is 0 Å². The fraction of sp³-hybridized carbons (Fsp3) is 0. The number of aromatic nitrogens is 2. The number of para-hydroxylation sites is 1. The standard InChI is InChI=1S/C23H18N4O2/c28-21-13-11-18(12-14-21)23(29)25-24-15-19-16-27(20-9-5-2-6-10-20)26-22(19)17-7-3-1-4-8-17/h1-16,28H,(H,25,29)/b24-15+. The Hall–Kier alpha value is -4.19. The number of carbonyl (C=O) groups is 1. The maximum absolute atomic E-state index is 12.2. The molecule has 0 saturated heterocycles. The van der Waals surface area contributed by atoms with Gasteiger partial charge in [-0.3, -0.25) is 4.79 Å². The fourth-order valence-corrected chi connectivity index (χ4v) is 2.85. The molecule has 0 spiro atoms. The molecule has 142 valence electrons. The minimum atomic E-state index is -0.363. The van der Waals surface area contributed by atoms with Gasteiger partial charge in [0.2, 0.25) is 0 Å². The van der Waals surface area contributed by atoms with Crippen molar-refractivity contribution < 1.29 is 9.90 Å². The van der Waals surface area contributed by atoms with Gasteiger partial charge in [0, 0.05) is 22.9 Å². The summed E-state index contributed by atoms with van der Waals surface area (Å²) in [5.74, 6) is -0.260. The molecular weight excluding hydrogens is 364 g/mol. The van der Waals surface area contributed by atoms with Crippen LogP contribution in [0.1, 0.15) is 15.9 Å². The van der Waals surface area contributed by atoms with Gasteiger partial charge in [-0.25, -0.2) is 10.1 Å². The van der Waals surface area contributed by atoms with Gasteiger partial charge in [0.1, 0.15) is 11.4 Å². The number of phenolic OH excluding ortho intramolecular Hbond substituents is 1. The van der Waals surface area contributed by atoms with Crippen molar-refractivity contribution in [3.8, 4) is 22.7 Å². The molecule has 4 rings (SSSR count). The summed E-state index contributed by atoms with van der Waals surface area (Å²) in [6, 6.07) is 25.6. The Morgan fingerprint density at radius 2 is 1.59 bits per heavy atom. The highest BCUT2D eigenvalue weighted by molar-refractivity contribution is 5.95. The molecule has 0 saturated carbocycles. The van der Waals surface area contributed by atoms with E-state index >= 15 is 0 Å². The zero-order chi connectivity index (χ0) is 20.1. The van der Waals surface area contributed by atoms with Crippen molar-refractivity contribution >= 4 is 12.1 Å². The van der Waals surface area contributed by atoms with E-state index in [9.17, 15) is 9.90 Å². The van der Waals surface area contributed by atoms with E-state index < -0.39 is 0 Å². The SMILES string of the molecule is O=C(N/N=C/c1cn(-c2ccccc2)nc1-c1ccccc1)c1ccc(O)cc1. The molecule has 0 fully saturated rings. The highest BCUT2D eigenvalue weighted by atomic mass is 16.3. The third kappa shape index (κ3) is 4.22. The molecule has 29 heavy (non-hydrogen) atoms. The van der Waals surface area contributed by atoms with Crippen LogP contribution in [-0.4, -0.2) is 27.0 Å². The smallest absolute Gasteiger partial charge is 0.271 e. The Morgan fingerprint density at radius 3 is 2.28 bits per heavy atom. The lowest BCUT2D eigenvalue weighted by molar-refractivity contribution is 0.0955. The molecule has 2 N–H and O–H groups in total. The Morgan fingerprint density at radius 1 is 0.931 bits per heavy atom. The average molecular weight is 382 g/mol. The van der Waals surface area contributed by atoms with Crippen molar-refractivity contribution in [2.24, 2.45) is 5.10 Å². The summed E-state index contributed by atoms with van der Waals surface area (Å²) in [5, 5.41) is 18.1. The monoisotopic (exact) mass is 382 g/mol. The normalized spacial score (nSPS) is 10.9. The van der Waals surface area contributed by atoms with E-state index in [1.54, 1.807) is 10.9 Å². The topological polar surface area (TPSA) is 79.5 Å². The van der Waals surface area contributed by atoms with Crippen molar-refractivity contribution in [2.45, 2.75) is 0 Å². The third-order valence-corrected chi connectivity index (χ3v) is 4.31. The number of amides is 1. The number of nitrogens with zero attached hydrogens (tertiary/aromatic N) is 3. The Balaban J connectivity index is 1.61. The van der Waals surface area contributed by atoms with Crippen LogP contribution in [-0.2, 0) is 0 Å². The molecule has 0 unspecified atom stereocenters. The molecule has 0 atom stereocenters. The van der Waals surface area contributed by atoms with Crippen LogP contribution in [0.2, 0.25) is 0 Å². The summed E-state index contributed by atoms with van der Waals surface area (Å²) in [7, 11) is 0. The van der Waals surface area contributed by atoms with Gasteiger partial charge < -0.3 is 5.11 Å². The second kappa shape index (κ2) is 8.22. The highest BCUT2D eigenvalue weighted by Crippen LogP contribution is 2.22. The number of benzene rings is 3. The summed E-state index contributed by atoms with van der Waals surface area (Å²) in [5.41, 5.74) is 6.32. The molecule has 1 heterocycles. The number of hydrogen-bond acceptors (Lipinski definition) is 4. The van der Waals surface area contributed by atoms with Gasteiger partial charge in [-0.05, 0) is 36.4 Å². The van der Waals surface area contributed by atoms with Gasteiger partial charge in [0.05, 0.1) is 11.9 Å². The predicted molar refractivity (Wildman–Crippen MR) is 112 cm³/mol. The molecule has 0 aliphatic rings. The largest absolute Gasteiger partial charge is 0.508 e. The van der Waals surface area contributed by atoms with Crippen LogP contribution in [0.5, 0.6) is 5.75 Å². The van der Waals surface area contributed by atoms with E-state index in [0.717, 1.165) is 22.5 Å². The lowest BCUT2D eigenvalue weighted by Crippen LogP contribution is -2.17. The van der Waals surface area contributed by atoms with Crippen molar-refractivity contribution in [3.63, 3.8) is 0 Å². The molecule has 0 aliphatic carbocycles. The van der Waals surface area contributed by atoms with Crippen LogP contribution < -0.4 is 5.43 Å². The first-order chi connectivity index (χ1) is 14.2. The summed E-state index contributed by atoms with van der Waals surface area (Å²) in [6.07, 6.45) is 3.45. The Labute approximate surface area is 167 Å². The minimum Gasteiger partial charge on any atom is -0.508 e. The van der Waals surface area contributed by atoms with Crippen molar-refractivity contribution in [1.29, 1.82) is 0 Å². The molecule has 6 heteroatoms. The van der Waals surface area contributed by atoms with Crippen molar-refractivity contribution in [2.75, 3.05) is 0 Å². The number of carbonyl (C=O) groups excluding carboxylic acids is 1. The fourth-order valence-electron chi connectivity index (χ4n) is 2.85. The van der Waals surface area contributed by atoms with E-state index in [0.29, 0.717) is 5.56 Å². The number of aromatic hydroxyl groups is 1. The van der Waals surface area contributed by atoms with Crippen molar-refractivity contribution in [1.82, 2.24) is 15.2 Å². The number of hydrogen-bond donors (Lipinski definition) is 2. The second-order valence-corrected chi connectivity index (χ2v) is 6.33. The summed E-state index contributed by atoms with van der Waals surface area (Å²) < 4.78 is 1.78. The van der Waals surface area contributed by atoms with E-state index in [1.165, 1.54) is 24.3 Å². The second-order valence-electron chi connectivity index (χ2n) is 6.33. The lowest BCUT2D eigenvalue weighted by atomic mass is 10.1. The number of rotatable bonds is 5. The average Bonchev–Trinajstić information content (AvgIpc) is 3.19. The molecule has 0 radical (unpaired) electrons. The lowest BCUT2D eigenvalue weighted by Gasteiger charge is -2.00. The first-order valence-corrected chi connectivity index (χ1v) is 9.04. The van der Waals surface area contributed by atoms with Crippen LogP contribution in [0.25, 0.3) is 16.9 Å². The third-order valence-electron chi connectivity index (χ3n) is 4.31. The van der Waals surface area contributed by atoms with Crippen LogP contribution >= 0.6 is 0 Å². The molecule has 1 aromatic heterocycles. The molecule has 4 aromatic rings. The highest BCUT2D eigenvalue weighted by Gasteiger charge is 2.11. The zero-order valence-corrected chi connectivity index (χ0v) is 15.4. The summed E-state index contributed by atoms with van der Waals surface area (Å²) >= 11 is 0. The minimum absolute atomic E-state index is 0.103. The summed E-state index contributed by atoms with van der Waals surface area (Å²) in [4.78, 5) is 12.2. The number of nitrogens with one attached hydrogen (secondary N) is 1. The van der Waals surface area contributed by atoms with Gasteiger partial charge in [-0.2, -0.15) is 10.2 Å². The molecular formula is C23H18N4O2. The first kappa shape index (κ1) is 18.2. The first-order valence-electron chi connectivity index (χ1n) is 9.04. The number of phenols is 1. The summed E-state index contributed by atoms with van der Waals surface area (Å²) in [6.45, 7) is 0. The van der Waals surface area contributed by atoms with Crippen LogP contribution in [0.3, 0.4) is 0 Å². The van der Waals surface area contributed by atoms with Crippen LogP contribution in [0, 0.1) is 0 Å². The van der Waals surface area contributed by atoms with E-state index in [1.807, 2.05) is 66.9 Å². The molecule has 3 aromatic carbocycles. The van der Waals surface area contributed by atoms with E-state index in [2.05, 4.69) is 10.5 Å². The van der Waals surface area contributed by atoms with Crippen LogP contribution in [0.4, 0.5) is 0 Å². The van der Waals surface area contributed by atoms with E-state index in [4.69, 9.17) is 5.10 Å². The van der Waals surface area contributed by atoms with Gasteiger partial charge in [0.25, 0.3) is 5.91 Å². The maximum Gasteiger partial charge on any atom is 0.271 e. The predicted octanol–water partition coefficient (Wildman–Crippen LogP) is 4.01. The molecule has 1 amide bonds. The molecule has 0 bridgehead atoms. The van der Waals surface area contributed by atoms with Crippen molar-refractivity contribution in [3.05, 3.63) is 102 Å². The van der Waals surface area contributed by atoms with Gasteiger partial charge in [0.15, 0.2) is 0 Å². The number of hydrazone groups is 1. The van der Waals surface area contributed by atoms with E-state index in [-0.39, 0.29) is 11.7 Å². The Bertz CT molecular complexity index is 1130. The molecule has 6 nitrogen and oxygen atoms in total. The van der Waals surface area contributed by atoms with Crippen LogP contribution in [0.15, 0.2) is 96.2 Å². The molecule has 0 aliphatic heterocycles. The zero-order valence-electron chi connectivity index (χ0n) is 15.4. The quantitative estimate of drug-likeness (QED) is 0.404. The maximum atomic E-state index is 12.2. The van der Waals surface area contributed by atoms with Gasteiger partial charge >= 0.3 is 0 Å². The van der Waals surface area contributed by atoms with Gasteiger partial charge in [-0.1, -0.05) is 48.5 Å².